The number of halogens is 1. The van der Waals surface area contributed by atoms with Crippen molar-refractivity contribution < 1.29 is 14.6 Å². The molecule has 35 heavy (non-hydrogen) atoms. The van der Waals surface area contributed by atoms with Crippen LogP contribution in [0, 0.1) is 0 Å². The summed E-state index contributed by atoms with van der Waals surface area (Å²) in [6, 6.07) is 7.25. The summed E-state index contributed by atoms with van der Waals surface area (Å²) in [6.45, 7) is 1.49. The topological polar surface area (TPSA) is 125 Å². The number of aliphatic hydroxyl groups excluding tert-OH is 1. The molecule has 0 unspecified atom stereocenters. The van der Waals surface area contributed by atoms with Crippen LogP contribution in [-0.2, 0) is 24.3 Å². The normalized spacial score (nSPS) is 15.2. The number of rotatable bonds is 10. The second kappa shape index (κ2) is 11.8. The molecular formula is C24H28ClN7O3. The average molecular weight is 498 g/mol. The molecule has 11 heteroatoms. The van der Waals surface area contributed by atoms with Crippen LogP contribution in [-0.4, -0.2) is 57.3 Å². The van der Waals surface area contributed by atoms with Gasteiger partial charge in [-0.15, -0.1) is 0 Å². The number of carbonyl (C=O) groups is 1. The highest BCUT2D eigenvalue weighted by Crippen LogP contribution is 2.27. The summed E-state index contributed by atoms with van der Waals surface area (Å²) in [5, 5.41) is 16.4. The molecule has 10 nitrogen and oxygen atoms in total. The van der Waals surface area contributed by atoms with Gasteiger partial charge in [0.2, 0.25) is 11.9 Å². The lowest BCUT2D eigenvalue weighted by atomic mass is 10.2. The van der Waals surface area contributed by atoms with Gasteiger partial charge in [-0.25, -0.2) is 15.0 Å². The van der Waals surface area contributed by atoms with Crippen LogP contribution in [0.1, 0.15) is 29.8 Å². The number of hydrogen-bond donors (Lipinski definition) is 3. The molecule has 1 aliphatic rings. The van der Waals surface area contributed by atoms with E-state index in [4.69, 9.17) is 21.3 Å². The summed E-state index contributed by atoms with van der Waals surface area (Å²) >= 11 is 6.27. The van der Waals surface area contributed by atoms with Gasteiger partial charge >= 0.3 is 0 Å². The number of ether oxygens (including phenoxy) is 1. The van der Waals surface area contributed by atoms with E-state index in [9.17, 15) is 9.90 Å². The smallest absolute Gasteiger partial charge is 0.227 e. The van der Waals surface area contributed by atoms with E-state index in [0.717, 1.165) is 24.9 Å². The van der Waals surface area contributed by atoms with Crippen LogP contribution in [0.3, 0.4) is 0 Å². The molecule has 0 spiro atoms. The fourth-order valence-electron chi connectivity index (χ4n) is 3.95. The average Bonchev–Trinajstić information content (AvgIpc) is 3.36. The lowest BCUT2D eigenvalue weighted by molar-refractivity contribution is -0.120. The standard InChI is InChI=1S/C24H28ClN7O3/c1-35-20-6-5-16(10-19(20)25)12-29-23-17(11-22(34)28-14-21-26-7-3-8-27-21)13-30-24(31-23)32-9-2-4-18(32)15-33/h3,5-8,10,13,18,33H,2,4,9,11-12,14-15H2,1H3,(H,28,34)(H,29,30,31)/t18-/m0/s1. The molecule has 0 radical (unpaired) electrons. The minimum Gasteiger partial charge on any atom is -0.495 e. The second-order valence-electron chi connectivity index (χ2n) is 8.16. The van der Waals surface area contributed by atoms with Crippen molar-refractivity contribution in [1.29, 1.82) is 0 Å². The third-order valence-corrected chi connectivity index (χ3v) is 6.08. The van der Waals surface area contributed by atoms with Gasteiger partial charge in [-0.05, 0) is 36.6 Å². The first kappa shape index (κ1) is 24.6. The molecule has 2 aromatic heterocycles. The van der Waals surface area contributed by atoms with Gasteiger partial charge in [-0.2, -0.15) is 4.98 Å². The number of benzene rings is 1. The minimum atomic E-state index is -0.196. The summed E-state index contributed by atoms with van der Waals surface area (Å²) in [5.41, 5.74) is 1.58. The highest BCUT2D eigenvalue weighted by Gasteiger charge is 2.26. The lowest BCUT2D eigenvalue weighted by Crippen LogP contribution is -2.33. The SMILES string of the molecule is COc1ccc(CNc2nc(N3CCC[C@H]3CO)ncc2CC(=O)NCc2ncccn2)cc1Cl. The van der Waals surface area contributed by atoms with E-state index in [2.05, 4.69) is 25.6 Å². The van der Waals surface area contributed by atoms with Crippen molar-refractivity contribution in [1.82, 2.24) is 25.3 Å². The van der Waals surface area contributed by atoms with E-state index in [1.807, 2.05) is 17.0 Å². The number of nitrogens with one attached hydrogen (secondary N) is 2. The predicted octanol–water partition coefficient (Wildman–Crippen LogP) is 2.36. The van der Waals surface area contributed by atoms with Gasteiger partial charge < -0.3 is 25.4 Å². The molecule has 0 saturated carbocycles. The molecule has 184 valence electrons. The van der Waals surface area contributed by atoms with Crippen LogP contribution in [0.2, 0.25) is 5.02 Å². The Balaban J connectivity index is 1.51. The van der Waals surface area contributed by atoms with Crippen LogP contribution in [0.25, 0.3) is 0 Å². The number of methoxy groups -OCH3 is 1. The molecule has 3 heterocycles. The molecule has 4 rings (SSSR count). The summed E-state index contributed by atoms with van der Waals surface area (Å²) in [5.74, 6) is 2.02. The first-order valence-corrected chi connectivity index (χ1v) is 11.8. The zero-order valence-electron chi connectivity index (χ0n) is 19.4. The summed E-state index contributed by atoms with van der Waals surface area (Å²) in [4.78, 5) is 32.1. The maximum Gasteiger partial charge on any atom is 0.227 e. The zero-order chi connectivity index (χ0) is 24.6. The Morgan fingerprint density at radius 3 is 2.83 bits per heavy atom. The molecule has 1 amide bonds. The van der Waals surface area contributed by atoms with Crippen molar-refractivity contribution in [3.05, 3.63) is 64.8 Å². The number of aliphatic hydroxyl groups is 1. The number of aromatic nitrogens is 4. The number of carbonyl (C=O) groups excluding carboxylic acids is 1. The van der Waals surface area contributed by atoms with E-state index < -0.39 is 0 Å². The van der Waals surface area contributed by atoms with Gasteiger partial charge in [0.1, 0.15) is 17.4 Å². The fourth-order valence-corrected chi connectivity index (χ4v) is 4.23. The van der Waals surface area contributed by atoms with Crippen molar-refractivity contribution >= 4 is 29.3 Å². The third-order valence-electron chi connectivity index (χ3n) is 5.79. The van der Waals surface area contributed by atoms with Gasteiger partial charge in [0.05, 0.1) is 37.7 Å². The minimum absolute atomic E-state index is 0.0109. The maximum absolute atomic E-state index is 12.6. The van der Waals surface area contributed by atoms with Gasteiger partial charge in [0.25, 0.3) is 0 Å². The Morgan fingerprint density at radius 2 is 2.09 bits per heavy atom. The Morgan fingerprint density at radius 1 is 1.26 bits per heavy atom. The van der Waals surface area contributed by atoms with E-state index in [0.29, 0.717) is 40.5 Å². The van der Waals surface area contributed by atoms with E-state index in [-0.39, 0.29) is 31.5 Å². The van der Waals surface area contributed by atoms with Gasteiger partial charge in [-0.3, -0.25) is 4.79 Å². The highest BCUT2D eigenvalue weighted by molar-refractivity contribution is 6.32. The fraction of sp³-hybridized carbons (Fsp3) is 0.375. The highest BCUT2D eigenvalue weighted by atomic mass is 35.5. The van der Waals surface area contributed by atoms with Crippen LogP contribution in [0.5, 0.6) is 5.75 Å². The molecule has 1 fully saturated rings. The molecular weight excluding hydrogens is 470 g/mol. The van der Waals surface area contributed by atoms with E-state index in [1.54, 1.807) is 37.8 Å². The van der Waals surface area contributed by atoms with Crippen molar-refractivity contribution in [2.24, 2.45) is 0 Å². The summed E-state index contributed by atoms with van der Waals surface area (Å²) in [7, 11) is 1.57. The summed E-state index contributed by atoms with van der Waals surface area (Å²) < 4.78 is 5.22. The van der Waals surface area contributed by atoms with Gasteiger partial charge in [0.15, 0.2) is 0 Å². The number of nitrogens with zero attached hydrogens (tertiary/aromatic N) is 5. The van der Waals surface area contributed by atoms with Crippen LogP contribution >= 0.6 is 11.6 Å². The van der Waals surface area contributed by atoms with Crippen molar-refractivity contribution in [2.75, 3.05) is 30.5 Å². The third kappa shape index (κ3) is 6.34. The second-order valence-corrected chi connectivity index (χ2v) is 8.56. The molecule has 1 saturated heterocycles. The predicted molar refractivity (Wildman–Crippen MR) is 132 cm³/mol. The largest absolute Gasteiger partial charge is 0.495 e. The Bertz CT molecular complexity index is 1150. The van der Waals surface area contributed by atoms with Crippen molar-refractivity contribution in [2.45, 2.75) is 38.4 Å². The monoisotopic (exact) mass is 497 g/mol. The Labute approximate surface area is 208 Å². The lowest BCUT2D eigenvalue weighted by Gasteiger charge is -2.24. The van der Waals surface area contributed by atoms with Crippen LogP contribution in [0.15, 0.2) is 42.9 Å². The number of anilines is 2. The first-order chi connectivity index (χ1) is 17.1. The molecule has 1 aliphatic heterocycles. The zero-order valence-corrected chi connectivity index (χ0v) is 20.2. The quantitative estimate of drug-likeness (QED) is 0.387. The molecule has 1 aromatic carbocycles. The molecule has 0 bridgehead atoms. The summed E-state index contributed by atoms with van der Waals surface area (Å²) in [6.07, 6.45) is 6.87. The van der Waals surface area contributed by atoms with Gasteiger partial charge in [0, 0.05) is 37.2 Å². The number of amides is 1. The van der Waals surface area contributed by atoms with Crippen molar-refractivity contribution in [3.8, 4) is 5.75 Å². The molecule has 3 N–H and O–H groups in total. The molecule has 1 atom stereocenters. The Hall–Kier alpha value is -3.50. The first-order valence-electron chi connectivity index (χ1n) is 11.4. The van der Waals surface area contributed by atoms with Crippen LogP contribution < -0.4 is 20.3 Å². The molecule has 0 aliphatic carbocycles. The Kier molecular flexibility index (Phi) is 8.27. The van der Waals surface area contributed by atoms with Crippen LogP contribution in [0.4, 0.5) is 11.8 Å². The van der Waals surface area contributed by atoms with Crippen molar-refractivity contribution in [3.63, 3.8) is 0 Å². The maximum atomic E-state index is 12.6. The van der Waals surface area contributed by atoms with E-state index in [1.165, 1.54) is 0 Å². The van der Waals surface area contributed by atoms with E-state index >= 15 is 0 Å². The number of hydrogen-bond acceptors (Lipinski definition) is 9. The van der Waals surface area contributed by atoms with Gasteiger partial charge in [-0.1, -0.05) is 17.7 Å². The molecule has 3 aromatic rings.